The van der Waals surface area contributed by atoms with Crippen molar-refractivity contribution in [2.75, 3.05) is 5.73 Å². The van der Waals surface area contributed by atoms with E-state index in [4.69, 9.17) is 22.7 Å². The molecule has 0 bridgehead atoms. The van der Waals surface area contributed by atoms with Crippen LogP contribution in [0, 0.1) is 12.3 Å². The number of aromatic nitrogens is 2. The number of fused-ring (bicyclic) bond motifs is 1. The molecule has 26 heavy (non-hydrogen) atoms. The lowest BCUT2D eigenvalue weighted by molar-refractivity contribution is 0.967. The number of nitrogens with two attached hydrogens (primary N) is 1. The Morgan fingerprint density at radius 2 is 1.77 bits per heavy atom. The molecule has 0 radical (unpaired) electrons. The van der Waals surface area contributed by atoms with Crippen molar-refractivity contribution in [3.8, 4) is 16.8 Å². The monoisotopic (exact) mass is 360 g/mol. The summed E-state index contributed by atoms with van der Waals surface area (Å²) >= 11 is 6.13. The van der Waals surface area contributed by atoms with Gasteiger partial charge < -0.3 is 5.73 Å². The average Bonchev–Trinajstić information content (AvgIpc) is 2.64. The molecule has 128 valence electrons. The molecule has 0 saturated heterocycles. The normalized spacial score (nSPS) is 11.0. The molecule has 4 rings (SSSR count). The second-order valence-corrected chi connectivity index (χ2v) is 6.61. The molecule has 0 aliphatic heterocycles. The van der Waals surface area contributed by atoms with Crippen LogP contribution in [0.1, 0.15) is 5.56 Å². The van der Waals surface area contributed by atoms with E-state index in [0.717, 1.165) is 33.3 Å². The van der Waals surface area contributed by atoms with Crippen LogP contribution in [0.5, 0.6) is 0 Å². The lowest BCUT2D eigenvalue weighted by atomic mass is 9.99. The summed E-state index contributed by atoms with van der Waals surface area (Å²) in [7, 11) is 0. The van der Waals surface area contributed by atoms with E-state index in [0.29, 0.717) is 16.3 Å². The molecule has 0 unspecified atom stereocenters. The van der Waals surface area contributed by atoms with Crippen LogP contribution in [0.2, 0.25) is 5.15 Å². The van der Waals surface area contributed by atoms with Crippen molar-refractivity contribution >= 4 is 28.2 Å². The molecule has 2 aromatic carbocycles. The van der Waals surface area contributed by atoms with Gasteiger partial charge in [0.1, 0.15) is 10.6 Å². The highest BCUT2D eigenvalue weighted by Crippen LogP contribution is 2.27. The second kappa shape index (κ2) is 6.32. The van der Waals surface area contributed by atoms with Crippen LogP contribution >= 0.6 is 11.6 Å². The number of nitrogens with zero attached hydrogens (tertiary/aromatic N) is 2. The standard InChI is InChI=1S/C21H17ClN4/c1-13-7-8-15(23)10-17(13)18-9-14-12-25-20(22)11-19(14)26(21(18)24)16-5-3-2-4-6-16/h2-12,24H,23H2,1H3. The van der Waals surface area contributed by atoms with Gasteiger partial charge >= 0.3 is 0 Å². The van der Waals surface area contributed by atoms with Crippen molar-refractivity contribution in [2.45, 2.75) is 6.92 Å². The van der Waals surface area contributed by atoms with Crippen molar-refractivity contribution < 1.29 is 0 Å². The highest BCUT2D eigenvalue weighted by Gasteiger charge is 2.13. The van der Waals surface area contributed by atoms with E-state index in [-0.39, 0.29) is 0 Å². The number of nitrogens with one attached hydrogen (secondary N) is 1. The zero-order chi connectivity index (χ0) is 18.3. The molecule has 4 aromatic rings. The van der Waals surface area contributed by atoms with Gasteiger partial charge in [-0.25, -0.2) is 4.98 Å². The lowest BCUT2D eigenvalue weighted by Gasteiger charge is -2.16. The Labute approximate surface area is 156 Å². The van der Waals surface area contributed by atoms with E-state index in [2.05, 4.69) is 4.98 Å². The fourth-order valence-corrected chi connectivity index (χ4v) is 3.33. The minimum absolute atomic E-state index is 0.375. The Bertz CT molecular complexity index is 1180. The molecular weight excluding hydrogens is 344 g/mol. The summed E-state index contributed by atoms with van der Waals surface area (Å²) in [6, 6.07) is 19.3. The Balaban J connectivity index is 2.14. The van der Waals surface area contributed by atoms with Gasteiger partial charge in [0, 0.05) is 34.6 Å². The number of pyridine rings is 2. The summed E-state index contributed by atoms with van der Waals surface area (Å²) in [6.45, 7) is 2.02. The number of halogens is 1. The highest BCUT2D eigenvalue weighted by atomic mass is 35.5. The molecule has 0 atom stereocenters. The third kappa shape index (κ3) is 2.74. The minimum Gasteiger partial charge on any atom is -0.399 e. The highest BCUT2D eigenvalue weighted by molar-refractivity contribution is 6.30. The fourth-order valence-electron chi connectivity index (χ4n) is 3.18. The number of hydrogen-bond acceptors (Lipinski definition) is 3. The number of hydrogen-bond donors (Lipinski definition) is 2. The van der Waals surface area contributed by atoms with Gasteiger partial charge in [-0.15, -0.1) is 0 Å². The van der Waals surface area contributed by atoms with Crippen molar-refractivity contribution in [1.82, 2.24) is 9.55 Å². The molecule has 2 heterocycles. The van der Waals surface area contributed by atoms with E-state index in [1.807, 2.05) is 66.1 Å². The predicted molar refractivity (Wildman–Crippen MR) is 107 cm³/mol. The Hall–Kier alpha value is -3.11. The number of aryl methyl sites for hydroxylation is 1. The second-order valence-electron chi connectivity index (χ2n) is 6.22. The molecule has 0 aliphatic carbocycles. The molecule has 3 N–H and O–H groups in total. The lowest BCUT2D eigenvalue weighted by Crippen LogP contribution is -2.21. The van der Waals surface area contributed by atoms with Gasteiger partial charge in [0.05, 0.1) is 5.52 Å². The van der Waals surface area contributed by atoms with Gasteiger partial charge in [0.25, 0.3) is 0 Å². The van der Waals surface area contributed by atoms with Gasteiger partial charge in [-0.1, -0.05) is 35.9 Å². The molecule has 0 aliphatic rings. The van der Waals surface area contributed by atoms with Crippen LogP contribution in [-0.2, 0) is 0 Å². The first-order chi connectivity index (χ1) is 12.5. The van der Waals surface area contributed by atoms with E-state index < -0.39 is 0 Å². The summed E-state index contributed by atoms with van der Waals surface area (Å²) < 4.78 is 1.89. The smallest absolute Gasteiger partial charge is 0.137 e. The third-order valence-electron chi connectivity index (χ3n) is 4.46. The van der Waals surface area contributed by atoms with Gasteiger partial charge in [-0.2, -0.15) is 0 Å². The van der Waals surface area contributed by atoms with Crippen molar-refractivity contribution in [3.63, 3.8) is 0 Å². The average molecular weight is 361 g/mol. The quantitative estimate of drug-likeness (QED) is 0.401. The maximum absolute atomic E-state index is 8.90. The van der Waals surface area contributed by atoms with Gasteiger partial charge in [0.15, 0.2) is 0 Å². The van der Waals surface area contributed by atoms with Crippen LogP contribution in [-0.4, -0.2) is 9.55 Å². The Kier molecular flexibility index (Phi) is 3.98. The Morgan fingerprint density at radius 1 is 1.00 bits per heavy atom. The van der Waals surface area contributed by atoms with Crippen molar-refractivity contribution in [2.24, 2.45) is 0 Å². The number of para-hydroxylation sites is 1. The first kappa shape index (κ1) is 16.4. The summed E-state index contributed by atoms with van der Waals surface area (Å²) in [4.78, 5) is 4.21. The maximum atomic E-state index is 8.90. The van der Waals surface area contributed by atoms with Crippen LogP contribution in [0.25, 0.3) is 27.7 Å². The molecule has 4 nitrogen and oxygen atoms in total. The van der Waals surface area contributed by atoms with Crippen LogP contribution < -0.4 is 11.2 Å². The summed E-state index contributed by atoms with van der Waals surface area (Å²) in [5.74, 6) is 0. The molecule has 0 saturated carbocycles. The zero-order valence-electron chi connectivity index (χ0n) is 14.2. The van der Waals surface area contributed by atoms with Crippen LogP contribution in [0.4, 0.5) is 5.69 Å². The van der Waals surface area contributed by atoms with Crippen molar-refractivity contribution in [1.29, 1.82) is 5.41 Å². The maximum Gasteiger partial charge on any atom is 0.137 e. The number of benzene rings is 2. The van der Waals surface area contributed by atoms with Gasteiger partial charge in [-0.05, 0) is 48.4 Å². The number of rotatable bonds is 2. The number of anilines is 1. The first-order valence-electron chi connectivity index (χ1n) is 8.22. The zero-order valence-corrected chi connectivity index (χ0v) is 15.0. The first-order valence-corrected chi connectivity index (χ1v) is 8.60. The number of nitrogen functional groups attached to an aromatic ring is 1. The fraction of sp³-hybridized carbons (Fsp3) is 0.0476. The SMILES string of the molecule is Cc1ccc(N)cc1-c1cc2cnc(Cl)cc2n(-c2ccccc2)c1=N. The van der Waals surface area contributed by atoms with Crippen molar-refractivity contribution in [3.05, 3.63) is 83.1 Å². The largest absolute Gasteiger partial charge is 0.399 e. The molecule has 5 heteroatoms. The molecule has 0 fully saturated rings. The van der Waals surface area contributed by atoms with E-state index >= 15 is 0 Å². The molecule has 2 aromatic heterocycles. The predicted octanol–water partition coefficient (Wildman–Crippen LogP) is 4.72. The van der Waals surface area contributed by atoms with Gasteiger partial charge in [0.2, 0.25) is 0 Å². The van der Waals surface area contributed by atoms with E-state index in [1.165, 1.54) is 0 Å². The minimum atomic E-state index is 0.375. The summed E-state index contributed by atoms with van der Waals surface area (Å²) in [5, 5.41) is 10.2. The topological polar surface area (TPSA) is 67.7 Å². The Morgan fingerprint density at radius 3 is 2.54 bits per heavy atom. The van der Waals surface area contributed by atoms with Gasteiger partial charge in [-0.3, -0.25) is 9.98 Å². The third-order valence-corrected chi connectivity index (χ3v) is 4.67. The van der Waals surface area contributed by atoms with Crippen LogP contribution in [0.15, 0.2) is 66.9 Å². The van der Waals surface area contributed by atoms with E-state index in [9.17, 15) is 0 Å². The summed E-state index contributed by atoms with van der Waals surface area (Å²) in [5.41, 5.74) is 11.6. The summed E-state index contributed by atoms with van der Waals surface area (Å²) in [6.07, 6.45) is 1.74. The molecule has 0 amide bonds. The van der Waals surface area contributed by atoms with E-state index in [1.54, 1.807) is 12.3 Å². The molecular formula is C21H17ClN4. The molecule has 0 spiro atoms. The van der Waals surface area contributed by atoms with Crippen LogP contribution in [0.3, 0.4) is 0 Å².